The number of piperidine rings is 3. The highest BCUT2D eigenvalue weighted by Crippen LogP contribution is 2.28. The van der Waals surface area contributed by atoms with Crippen molar-refractivity contribution < 1.29 is 18.7 Å². The number of fused-ring (bicyclic) bond motifs is 3. The number of benzene rings is 1. The Morgan fingerprint density at radius 3 is 2.52 bits per heavy atom. The summed E-state index contributed by atoms with van der Waals surface area (Å²) in [6.45, 7) is 3.27. The minimum atomic E-state index is -0.0511. The van der Waals surface area contributed by atoms with Gasteiger partial charge < -0.3 is 24.1 Å². The second kappa shape index (κ2) is 6.72. The molecule has 8 nitrogen and oxygen atoms in total. The van der Waals surface area contributed by atoms with Crippen LogP contribution in [0.3, 0.4) is 0 Å². The molecule has 0 saturated carbocycles. The van der Waals surface area contributed by atoms with E-state index in [4.69, 9.17) is 13.9 Å². The van der Waals surface area contributed by atoms with Crippen molar-refractivity contribution in [1.82, 2.24) is 20.4 Å². The summed E-state index contributed by atoms with van der Waals surface area (Å²) in [4.78, 5) is 14.9. The molecule has 2 bridgehead atoms. The molecule has 1 aromatic carbocycles. The summed E-state index contributed by atoms with van der Waals surface area (Å²) in [5, 5.41) is 10.5. The summed E-state index contributed by atoms with van der Waals surface area (Å²) in [7, 11) is 1.43. The van der Waals surface area contributed by atoms with Crippen LogP contribution in [0.25, 0.3) is 0 Å². The van der Waals surface area contributed by atoms with Gasteiger partial charge in [-0.05, 0) is 56.1 Å². The number of hydrogen-bond acceptors (Lipinski definition) is 7. The van der Waals surface area contributed by atoms with Gasteiger partial charge in [-0.25, -0.2) is 0 Å². The second-order valence-electron chi connectivity index (χ2n) is 6.38. The molecule has 5 rings (SSSR count). The first-order chi connectivity index (χ1) is 12.2. The van der Waals surface area contributed by atoms with E-state index in [-0.39, 0.29) is 24.1 Å². The van der Waals surface area contributed by atoms with E-state index in [1.165, 1.54) is 20.0 Å². The number of carbonyl (C=O) groups is 1. The molecule has 2 aromatic rings. The molecule has 1 amide bonds. The Labute approximate surface area is 145 Å². The number of aromatic nitrogens is 2. The molecule has 3 aliphatic rings. The fourth-order valence-electron chi connectivity index (χ4n) is 3.48. The van der Waals surface area contributed by atoms with E-state index >= 15 is 0 Å². The molecular formula is C17H20N4O4. The van der Waals surface area contributed by atoms with E-state index in [0.29, 0.717) is 17.2 Å². The van der Waals surface area contributed by atoms with Gasteiger partial charge in [0.2, 0.25) is 0 Å². The van der Waals surface area contributed by atoms with Gasteiger partial charge in [0.25, 0.3) is 5.91 Å². The van der Waals surface area contributed by atoms with Crippen LogP contribution < -0.4 is 14.8 Å². The zero-order chi connectivity index (χ0) is 17.2. The first kappa shape index (κ1) is 15.9. The summed E-state index contributed by atoms with van der Waals surface area (Å²) < 4.78 is 15.3. The first-order valence-electron chi connectivity index (χ1n) is 8.40. The van der Waals surface area contributed by atoms with Gasteiger partial charge in [0, 0.05) is 18.2 Å². The summed E-state index contributed by atoms with van der Waals surface area (Å²) in [6, 6.07) is 7.08. The Bertz CT molecular complexity index is 737. The molecule has 3 fully saturated rings. The molecular weight excluding hydrogens is 324 g/mol. The van der Waals surface area contributed by atoms with Crippen LogP contribution >= 0.6 is 0 Å². The largest absolute Gasteiger partial charge is 0.452 e. The van der Waals surface area contributed by atoms with Crippen LogP contribution in [-0.4, -0.2) is 53.8 Å². The predicted octanol–water partition coefficient (Wildman–Crippen LogP) is 1.69. The molecule has 0 aliphatic carbocycles. The quantitative estimate of drug-likeness (QED) is 0.883. The number of nitrogens with one attached hydrogen (secondary N) is 1. The molecule has 1 N–H and O–H groups in total. The number of hydrogen-bond donors (Lipinski definition) is 1. The van der Waals surface area contributed by atoms with E-state index in [1.54, 1.807) is 24.3 Å². The Kier molecular flexibility index (Phi) is 4.27. The summed E-state index contributed by atoms with van der Waals surface area (Å²) >= 11 is 0. The molecule has 0 spiro atoms. The van der Waals surface area contributed by atoms with Crippen LogP contribution in [0.1, 0.15) is 23.2 Å². The normalized spacial score (nSPS) is 24.8. The molecule has 0 unspecified atom stereocenters. The average Bonchev–Trinajstić information content (AvgIpc) is 3.11. The van der Waals surface area contributed by atoms with Crippen LogP contribution in [-0.2, 0) is 0 Å². The van der Waals surface area contributed by atoms with Crippen molar-refractivity contribution in [1.29, 1.82) is 0 Å². The Balaban J connectivity index is 1.37. The zero-order valence-corrected chi connectivity index (χ0v) is 14.0. The molecule has 1 aromatic heterocycles. The standard InChI is InChI=1S/C17H20N4O4/c1-23-16-19-20-17(25-16)24-13-4-2-12(3-5-13)15(22)18-14-10-21-8-6-11(14)7-9-21/h2-5,11,14H,6-10H2,1H3,(H,18,22)/t14-/m0/s1. The summed E-state index contributed by atoms with van der Waals surface area (Å²) in [5.41, 5.74) is 0.604. The molecule has 0 radical (unpaired) electrons. The first-order valence-corrected chi connectivity index (χ1v) is 8.40. The lowest BCUT2D eigenvalue weighted by Crippen LogP contribution is -2.57. The number of amides is 1. The smallest absolute Gasteiger partial charge is 0.422 e. The van der Waals surface area contributed by atoms with Gasteiger partial charge in [-0.3, -0.25) is 4.79 Å². The predicted molar refractivity (Wildman–Crippen MR) is 87.8 cm³/mol. The van der Waals surface area contributed by atoms with Crippen LogP contribution in [0.4, 0.5) is 0 Å². The lowest BCUT2D eigenvalue weighted by atomic mass is 9.84. The molecule has 3 aliphatic heterocycles. The number of ether oxygens (including phenoxy) is 2. The zero-order valence-electron chi connectivity index (χ0n) is 14.0. The van der Waals surface area contributed by atoms with E-state index < -0.39 is 0 Å². The molecule has 3 saturated heterocycles. The Morgan fingerprint density at radius 1 is 1.20 bits per heavy atom. The van der Waals surface area contributed by atoms with Crippen LogP contribution in [0, 0.1) is 5.92 Å². The van der Waals surface area contributed by atoms with Crippen molar-refractivity contribution in [3.8, 4) is 17.9 Å². The maximum atomic E-state index is 12.5. The van der Waals surface area contributed by atoms with Gasteiger partial charge >= 0.3 is 12.2 Å². The van der Waals surface area contributed by atoms with E-state index in [2.05, 4.69) is 20.4 Å². The summed E-state index contributed by atoms with van der Waals surface area (Å²) in [6.07, 6.45) is 2.36. The lowest BCUT2D eigenvalue weighted by Gasteiger charge is -2.44. The highest BCUT2D eigenvalue weighted by molar-refractivity contribution is 5.94. The topological polar surface area (TPSA) is 89.7 Å². The fraction of sp³-hybridized carbons (Fsp3) is 0.471. The van der Waals surface area contributed by atoms with Crippen LogP contribution in [0.2, 0.25) is 0 Å². The molecule has 25 heavy (non-hydrogen) atoms. The minimum absolute atomic E-state index is 0.0127. The third kappa shape index (κ3) is 3.43. The van der Waals surface area contributed by atoms with Crippen molar-refractivity contribution in [2.75, 3.05) is 26.7 Å². The number of nitrogens with zero attached hydrogens (tertiary/aromatic N) is 3. The van der Waals surface area contributed by atoms with Crippen LogP contribution in [0.15, 0.2) is 28.7 Å². The van der Waals surface area contributed by atoms with Crippen molar-refractivity contribution in [2.45, 2.75) is 18.9 Å². The molecule has 132 valence electrons. The van der Waals surface area contributed by atoms with Crippen molar-refractivity contribution in [2.24, 2.45) is 5.92 Å². The van der Waals surface area contributed by atoms with Gasteiger partial charge in [-0.1, -0.05) is 10.2 Å². The number of methoxy groups -OCH3 is 1. The van der Waals surface area contributed by atoms with E-state index in [9.17, 15) is 4.79 Å². The maximum Gasteiger partial charge on any atom is 0.422 e. The maximum absolute atomic E-state index is 12.5. The van der Waals surface area contributed by atoms with Crippen molar-refractivity contribution in [3.05, 3.63) is 29.8 Å². The SMILES string of the molecule is COc1nnc(Oc2ccc(C(=O)N[C@H]3CN4CCC3CC4)cc2)o1. The number of rotatable bonds is 5. The van der Waals surface area contributed by atoms with E-state index in [0.717, 1.165) is 19.6 Å². The lowest BCUT2D eigenvalue weighted by molar-refractivity contribution is 0.0620. The third-order valence-electron chi connectivity index (χ3n) is 4.86. The minimum Gasteiger partial charge on any atom is -0.452 e. The van der Waals surface area contributed by atoms with Crippen LogP contribution in [0.5, 0.6) is 17.9 Å². The van der Waals surface area contributed by atoms with Gasteiger partial charge in [-0.2, -0.15) is 0 Å². The highest BCUT2D eigenvalue weighted by Gasteiger charge is 2.34. The molecule has 8 heteroatoms. The molecule has 1 atom stereocenters. The highest BCUT2D eigenvalue weighted by atomic mass is 16.7. The fourth-order valence-corrected chi connectivity index (χ4v) is 3.48. The number of carbonyl (C=O) groups excluding carboxylic acids is 1. The Hall–Kier alpha value is -2.61. The molecule has 4 heterocycles. The van der Waals surface area contributed by atoms with E-state index in [1.807, 2.05) is 0 Å². The second-order valence-corrected chi connectivity index (χ2v) is 6.38. The Morgan fingerprint density at radius 2 is 1.92 bits per heavy atom. The van der Waals surface area contributed by atoms with Gasteiger partial charge in [0.15, 0.2) is 0 Å². The third-order valence-corrected chi connectivity index (χ3v) is 4.86. The summed E-state index contributed by atoms with van der Waals surface area (Å²) in [5.74, 6) is 1.06. The van der Waals surface area contributed by atoms with Gasteiger partial charge in [0.1, 0.15) is 5.75 Å². The monoisotopic (exact) mass is 344 g/mol. The average molecular weight is 344 g/mol. The van der Waals surface area contributed by atoms with Crippen molar-refractivity contribution >= 4 is 5.91 Å². The van der Waals surface area contributed by atoms with Gasteiger partial charge in [0.05, 0.1) is 7.11 Å². The van der Waals surface area contributed by atoms with Crippen molar-refractivity contribution in [3.63, 3.8) is 0 Å². The van der Waals surface area contributed by atoms with Gasteiger partial charge in [-0.15, -0.1) is 0 Å².